The van der Waals surface area contributed by atoms with Crippen molar-refractivity contribution in [1.29, 1.82) is 0 Å². The largest absolute Gasteiger partial charge is 0.254 e. The number of hydrogen-bond acceptors (Lipinski definition) is 2. The second-order valence-electron chi connectivity index (χ2n) is 8.87. The van der Waals surface area contributed by atoms with Crippen molar-refractivity contribution in [2.75, 3.05) is 11.5 Å². The predicted octanol–water partition coefficient (Wildman–Crippen LogP) is 5.55. The smallest absolute Gasteiger partial charge is 0.0549 e. The molecule has 2 nitrogen and oxygen atoms in total. The third-order valence-electron chi connectivity index (χ3n) is 3.85. The molecule has 0 aliphatic rings. The standard InChI is InChI=1S/C20H34O2S2/c1-19(2,3)13-9-15-23(21)17-11-7-8-12-18(17)24(22)16-10-14-20(4,5)6/h7-8,11-12H,9-10,13-16H2,1-6H3. The molecule has 2 unspecified atom stereocenters. The lowest BCUT2D eigenvalue weighted by Gasteiger charge is -2.18. The topological polar surface area (TPSA) is 34.1 Å². The van der Waals surface area contributed by atoms with Crippen molar-refractivity contribution in [3.8, 4) is 0 Å². The molecule has 0 fully saturated rings. The van der Waals surface area contributed by atoms with Gasteiger partial charge in [0.25, 0.3) is 0 Å². The molecule has 0 aliphatic carbocycles. The van der Waals surface area contributed by atoms with Gasteiger partial charge in [0.05, 0.1) is 31.4 Å². The Morgan fingerprint density at radius 3 is 1.33 bits per heavy atom. The van der Waals surface area contributed by atoms with Crippen molar-refractivity contribution in [2.45, 2.75) is 77.0 Å². The zero-order chi connectivity index (χ0) is 18.4. The SMILES string of the molecule is CC(C)(C)CCCS(=O)c1ccccc1S(=O)CCCC(C)(C)C. The molecule has 0 bridgehead atoms. The van der Waals surface area contributed by atoms with E-state index in [1.165, 1.54) is 0 Å². The maximum absolute atomic E-state index is 12.7. The van der Waals surface area contributed by atoms with Crippen LogP contribution in [0.5, 0.6) is 0 Å². The molecule has 0 amide bonds. The summed E-state index contributed by atoms with van der Waals surface area (Å²) in [7, 11) is -2.13. The third-order valence-corrected chi connectivity index (χ3v) is 6.99. The van der Waals surface area contributed by atoms with Gasteiger partial charge < -0.3 is 0 Å². The van der Waals surface area contributed by atoms with Crippen molar-refractivity contribution < 1.29 is 8.42 Å². The minimum absolute atomic E-state index is 0.263. The van der Waals surface area contributed by atoms with Gasteiger partial charge >= 0.3 is 0 Å². The summed E-state index contributed by atoms with van der Waals surface area (Å²) < 4.78 is 25.3. The summed E-state index contributed by atoms with van der Waals surface area (Å²) in [5.74, 6) is 1.29. The van der Waals surface area contributed by atoms with Crippen LogP contribution in [-0.2, 0) is 21.6 Å². The Balaban J connectivity index is 2.69. The molecule has 24 heavy (non-hydrogen) atoms. The van der Waals surface area contributed by atoms with Crippen LogP contribution in [0.2, 0.25) is 0 Å². The lowest BCUT2D eigenvalue weighted by atomic mass is 9.91. The van der Waals surface area contributed by atoms with Crippen molar-refractivity contribution in [1.82, 2.24) is 0 Å². The van der Waals surface area contributed by atoms with E-state index in [4.69, 9.17) is 0 Å². The summed E-state index contributed by atoms with van der Waals surface area (Å²) in [6.45, 7) is 13.2. The molecule has 0 radical (unpaired) electrons. The van der Waals surface area contributed by atoms with Gasteiger partial charge in [0.15, 0.2) is 0 Å². The Kier molecular flexibility index (Phi) is 8.34. The van der Waals surface area contributed by atoms with Crippen molar-refractivity contribution in [3.05, 3.63) is 24.3 Å². The number of benzene rings is 1. The van der Waals surface area contributed by atoms with Crippen LogP contribution in [0, 0.1) is 10.8 Å². The Morgan fingerprint density at radius 1 is 0.708 bits per heavy atom. The van der Waals surface area contributed by atoms with E-state index in [2.05, 4.69) is 41.5 Å². The molecule has 0 saturated heterocycles. The van der Waals surface area contributed by atoms with E-state index < -0.39 is 21.6 Å². The highest BCUT2D eigenvalue weighted by molar-refractivity contribution is 7.88. The summed E-state index contributed by atoms with van der Waals surface area (Å²) in [5.41, 5.74) is 0.527. The molecule has 2 atom stereocenters. The summed E-state index contributed by atoms with van der Waals surface area (Å²) in [4.78, 5) is 1.53. The van der Waals surface area contributed by atoms with E-state index in [0.717, 1.165) is 35.5 Å². The van der Waals surface area contributed by atoms with Crippen LogP contribution in [0.25, 0.3) is 0 Å². The van der Waals surface area contributed by atoms with Gasteiger partial charge in [0.1, 0.15) is 0 Å². The first kappa shape index (κ1) is 21.6. The average molecular weight is 371 g/mol. The van der Waals surface area contributed by atoms with E-state index in [1.807, 2.05) is 24.3 Å². The molecule has 0 saturated carbocycles. The molecule has 0 heterocycles. The quantitative estimate of drug-likeness (QED) is 0.601. The van der Waals surface area contributed by atoms with Gasteiger partial charge in [-0.05, 0) is 48.6 Å². The molecule has 4 heteroatoms. The minimum atomic E-state index is -1.07. The van der Waals surface area contributed by atoms with Crippen molar-refractivity contribution in [3.63, 3.8) is 0 Å². The lowest BCUT2D eigenvalue weighted by Crippen LogP contribution is -2.11. The molecule has 0 aliphatic heterocycles. The molecule has 1 aromatic carbocycles. The fourth-order valence-electron chi connectivity index (χ4n) is 2.51. The molecular formula is C20H34O2S2. The molecule has 1 aromatic rings. The maximum atomic E-state index is 12.7. The minimum Gasteiger partial charge on any atom is -0.254 e. The zero-order valence-corrected chi connectivity index (χ0v) is 17.8. The second-order valence-corrected chi connectivity index (χ2v) is 12.0. The van der Waals surface area contributed by atoms with Gasteiger partial charge in [0, 0.05) is 11.5 Å². The first-order valence-corrected chi connectivity index (χ1v) is 11.5. The van der Waals surface area contributed by atoms with Crippen LogP contribution in [0.4, 0.5) is 0 Å². The number of hydrogen-bond donors (Lipinski definition) is 0. The maximum Gasteiger partial charge on any atom is 0.0549 e. The van der Waals surface area contributed by atoms with Crippen molar-refractivity contribution >= 4 is 21.6 Å². The Hall–Kier alpha value is -0.480. The number of rotatable bonds is 8. The summed E-state index contributed by atoms with van der Waals surface area (Å²) >= 11 is 0. The zero-order valence-electron chi connectivity index (χ0n) is 16.2. The monoisotopic (exact) mass is 370 g/mol. The Labute approximate surface area is 153 Å². The molecule has 0 N–H and O–H groups in total. The van der Waals surface area contributed by atoms with Gasteiger partial charge in [-0.15, -0.1) is 0 Å². The van der Waals surface area contributed by atoms with E-state index in [0.29, 0.717) is 11.5 Å². The highest BCUT2D eigenvalue weighted by Gasteiger charge is 2.17. The first-order valence-electron chi connectivity index (χ1n) is 8.85. The normalized spacial score (nSPS) is 15.2. The van der Waals surface area contributed by atoms with Gasteiger partial charge in [-0.2, -0.15) is 0 Å². The van der Waals surface area contributed by atoms with Gasteiger partial charge in [0.2, 0.25) is 0 Å². The van der Waals surface area contributed by atoms with Gasteiger partial charge in [-0.3, -0.25) is 8.42 Å². The summed E-state index contributed by atoms with van der Waals surface area (Å²) in [6, 6.07) is 7.55. The summed E-state index contributed by atoms with van der Waals surface area (Å²) in [5, 5.41) is 0. The molecule has 1 rings (SSSR count). The van der Waals surface area contributed by atoms with Crippen LogP contribution < -0.4 is 0 Å². The van der Waals surface area contributed by atoms with E-state index >= 15 is 0 Å². The highest BCUT2D eigenvalue weighted by atomic mass is 32.2. The van der Waals surface area contributed by atoms with E-state index in [-0.39, 0.29) is 10.8 Å². The molecule has 138 valence electrons. The fourth-order valence-corrected chi connectivity index (χ4v) is 5.37. The summed E-state index contributed by atoms with van der Waals surface area (Å²) in [6.07, 6.45) is 3.97. The molecule has 0 spiro atoms. The van der Waals surface area contributed by atoms with Crippen LogP contribution in [0.3, 0.4) is 0 Å². The predicted molar refractivity (Wildman–Crippen MR) is 106 cm³/mol. The van der Waals surface area contributed by atoms with Crippen LogP contribution >= 0.6 is 0 Å². The average Bonchev–Trinajstić information content (AvgIpc) is 2.44. The molecular weight excluding hydrogens is 336 g/mol. The molecule has 0 aromatic heterocycles. The lowest BCUT2D eigenvalue weighted by molar-refractivity contribution is 0.373. The van der Waals surface area contributed by atoms with Crippen LogP contribution in [-0.4, -0.2) is 19.9 Å². The van der Waals surface area contributed by atoms with Crippen LogP contribution in [0.1, 0.15) is 67.2 Å². The highest BCUT2D eigenvalue weighted by Crippen LogP contribution is 2.25. The van der Waals surface area contributed by atoms with Gasteiger partial charge in [-0.1, -0.05) is 53.7 Å². The Morgan fingerprint density at radius 2 is 1.04 bits per heavy atom. The fraction of sp³-hybridized carbons (Fsp3) is 0.700. The van der Waals surface area contributed by atoms with Crippen LogP contribution in [0.15, 0.2) is 34.1 Å². The van der Waals surface area contributed by atoms with Gasteiger partial charge in [-0.25, -0.2) is 0 Å². The second kappa shape index (κ2) is 9.28. The van der Waals surface area contributed by atoms with E-state index in [9.17, 15) is 8.42 Å². The first-order chi connectivity index (χ1) is 11.0. The Bertz CT molecular complexity index is 515. The van der Waals surface area contributed by atoms with Crippen molar-refractivity contribution in [2.24, 2.45) is 10.8 Å². The van der Waals surface area contributed by atoms with E-state index in [1.54, 1.807) is 0 Å². The third kappa shape index (κ3) is 8.57.